The van der Waals surface area contributed by atoms with E-state index in [-0.39, 0.29) is 50.5 Å². The van der Waals surface area contributed by atoms with E-state index in [1.807, 2.05) is 19.9 Å². The van der Waals surface area contributed by atoms with Crippen molar-refractivity contribution in [3.05, 3.63) is 35.5 Å². The molecular weight excluding hydrogens is 584 g/mol. The Kier molecular flexibility index (Phi) is 12.1. The zero-order valence-corrected chi connectivity index (χ0v) is 26.9. The van der Waals surface area contributed by atoms with Gasteiger partial charge in [-0.15, -0.1) is 0 Å². The third kappa shape index (κ3) is 10.3. The Labute approximate surface area is 263 Å². The first kappa shape index (κ1) is 35.1. The second-order valence-corrected chi connectivity index (χ2v) is 12.1. The number of ether oxygens (including phenoxy) is 3. The van der Waals surface area contributed by atoms with Gasteiger partial charge in [0.1, 0.15) is 23.1 Å². The highest BCUT2D eigenvalue weighted by atomic mass is 16.6. The molecule has 1 unspecified atom stereocenters. The molecule has 1 aromatic heterocycles. The maximum atomic E-state index is 13.7. The number of nitrogens with one attached hydrogen (secondary N) is 1. The van der Waals surface area contributed by atoms with Crippen LogP contribution in [-0.2, 0) is 23.9 Å². The summed E-state index contributed by atoms with van der Waals surface area (Å²) in [6, 6.07) is 5.52. The van der Waals surface area contributed by atoms with Gasteiger partial charge in [-0.3, -0.25) is 14.4 Å². The van der Waals surface area contributed by atoms with Crippen LogP contribution in [-0.4, -0.2) is 100 Å². The topological polar surface area (TPSA) is 165 Å². The Balaban J connectivity index is 1.82. The number of amides is 3. The third-order valence-electron chi connectivity index (χ3n) is 7.05. The quantitative estimate of drug-likeness (QED) is 0.262. The van der Waals surface area contributed by atoms with Crippen LogP contribution in [0.2, 0.25) is 0 Å². The zero-order valence-electron chi connectivity index (χ0n) is 26.9. The fourth-order valence-electron chi connectivity index (χ4n) is 4.63. The van der Waals surface area contributed by atoms with Crippen molar-refractivity contribution in [2.45, 2.75) is 85.0 Å². The van der Waals surface area contributed by atoms with Crippen molar-refractivity contribution in [1.29, 1.82) is 0 Å². The van der Waals surface area contributed by atoms with Gasteiger partial charge in [0.2, 0.25) is 5.91 Å². The second-order valence-electron chi connectivity index (χ2n) is 12.1. The van der Waals surface area contributed by atoms with Gasteiger partial charge >= 0.3 is 18.0 Å². The van der Waals surface area contributed by atoms with E-state index in [4.69, 9.17) is 14.2 Å². The number of nitrogens with zero attached hydrogens (tertiary/aromatic N) is 3. The second kappa shape index (κ2) is 15.5. The molecule has 0 aliphatic carbocycles. The van der Waals surface area contributed by atoms with Crippen LogP contribution in [0.1, 0.15) is 76.4 Å². The summed E-state index contributed by atoms with van der Waals surface area (Å²) in [5, 5.41) is 12.6. The Morgan fingerprint density at radius 2 is 1.71 bits per heavy atom. The molecule has 1 aromatic carbocycles. The number of aliphatic carboxylic acids is 1. The molecule has 2 atom stereocenters. The number of benzene rings is 1. The van der Waals surface area contributed by atoms with Gasteiger partial charge in [0.05, 0.1) is 12.1 Å². The summed E-state index contributed by atoms with van der Waals surface area (Å²) in [4.78, 5) is 71.2. The number of rotatable bonds is 12. The number of aryl methyl sites for hydroxylation is 1. The number of piperazine rings is 1. The summed E-state index contributed by atoms with van der Waals surface area (Å²) in [6.07, 6.45) is -0.133. The molecule has 1 aliphatic heterocycles. The van der Waals surface area contributed by atoms with Crippen molar-refractivity contribution < 1.29 is 43.3 Å². The average Bonchev–Trinajstić information content (AvgIpc) is 2.97. The van der Waals surface area contributed by atoms with Gasteiger partial charge in [0.25, 0.3) is 5.91 Å². The lowest BCUT2D eigenvalue weighted by molar-refractivity contribution is -0.155. The van der Waals surface area contributed by atoms with E-state index < -0.39 is 47.6 Å². The fraction of sp³-hybridized carbons (Fsp3) is 0.562. The Morgan fingerprint density at radius 1 is 1.04 bits per heavy atom. The summed E-state index contributed by atoms with van der Waals surface area (Å²) in [5.74, 6) is -2.67. The minimum absolute atomic E-state index is 0.0368. The number of carboxylic acid groups (broad SMARTS) is 1. The molecule has 0 saturated carbocycles. The summed E-state index contributed by atoms with van der Waals surface area (Å²) < 4.78 is 16.3. The van der Waals surface area contributed by atoms with E-state index in [9.17, 15) is 29.1 Å². The molecule has 1 aliphatic rings. The van der Waals surface area contributed by atoms with Gasteiger partial charge in [0.15, 0.2) is 6.10 Å². The summed E-state index contributed by atoms with van der Waals surface area (Å²) >= 11 is 0. The average molecular weight is 629 g/mol. The highest BCUT2D eigenvalue weighted by Crippen LogP contribution is 2.28. The van der Waals surface area contributed by atoms with Crippen LogP contribution in [0.3, 0.4) is 0 Å². The van der Waals surface area contributed by atoms with Gasteiger partial charge in [-0.2, -0.15) is 0 Å². The van der Waals surface area contributed by atoms with E-state index in [1.165, 1.54) is 22.8 Å². The Morgan fingerprint density at radius 3 is 2.33 bits per heavy atom. The summed E-state index contributed by atoms with van der Waals surface area (Å²) in [6.45, 7) is 11.7. The highest BCUT2D eigenvalue weighted by Gasteiger charge is 2.32. The molecule has 13 nitrogen and oxygen atoms in total. The predicted octanol–water partition coefficient (Wildman–Crippen LogP) is 3.70. The van der Waals surface area contributed by atoms with Crippen molar-refractivity contribution in [2.75, 3.05) is 32.8 Å². The molecule has 0 spiro atoms. The van der Waals surface area contributed by atoms with Crippen molar-refractivity contribution in [2.24, 2.45) is 0 Å². The molecule has 45 heavy (non-hydrogen) atoms. The number of unbranched alkanes of at least 4 members (excludes halogenated alkanes) is 1. The SMILES string of the molecule is CCCCOC(=O)N1CCN(C(=O)C(CCC(=O)OC(C)(C)C)NC(=O)c2cc(O[C@H](C)C(=O)O)c3ccc(C)cc3n2)CC1. The molecular formula is C32H44N4O9. The molecule has 3 amide bonds. The molecule has 2 aromatic rings. The lowest BCUT2D eigenvalue weighted by Gasteiger charge is -2.36. The van der Waals surface area contributed by atoms with Gasteiger partial charge in [-0.1, -0.05) is 19.4 Å². The molecule has 3 rings (SSSR count). The van der Waals surface area contributed by atoms with Crippen LogP contribution in [0, 0.1) is 6.92 Å². The number of esters is 1. The van der Waals surface area contributed by atoms with Crippen LogP contribution in [0.15, 0.2) is 24.3 Å². The number of carbonyl (C=O) groups excluding carboxylic acids is 4. The van der Waals surface area contributed by atoms with Gasteiger partial charge in [-0.25, -0.2) is 14.6 Å². The monoisotopic (exact) mass is 628 g/mol. The highest BCUT2D eigenvalue weighted by molar-refractivity contribution is 5.99. The standard InChI is InChI=1S/C32H44N4O9/c1-7-8-17-43-31(42)36-15-13-35(14-16-36)29(39)23(11-12-27(37)45-32(4,5)6)34-28(38)25-19-26(44-21(3)30(40)41)22-10-9-20(2)18-24(22)33-25/h9-10,18-19,21,23H,7-8,11-17H2,1-6H3,(H,34,38)(H,40,41)/t21-,23?/m1/s1. The van der Waals surface area contributed by atoms with Gasteiger partial charge in [-0.05, 0) is 65.2 Å². The summed E-state index contributed by atoms with van der Waals surface area (Å²) in [7, 11) is 0. The van der Waals surface area contributed by atoms with Crippen molar-refractivity contribution >= 4 is 40.7 Å². The van der Waals surface area contributed by atoms with Crippen LogP contribution in [0.5, 0.6) is 5.75 Å². The van der Waals surface area contributed by atoms with Crippen LogP contribution in [0.4, 0.5) is 4.79 Å². The van der Waals surface area contributed by atoms with E-state index in [1.54, 1.807) is 32.9 Å². The predicted molar refractivity (Wildman–Crippen MR) is 165 cm³/mol. The minimum Gasteiger partial charge on any atom is -0.479 e. The van der Waals surface area contributed by atoms with Crippen LogP contribution >= 0.6 is 0 Å². The van der Waals surface area contributed by atoms with Crippen molar-refractivity contribution in [3.63, 3.8) is 0 Å². The molecule has 1 saturated heterocycles. The zero-order chi connectivity index (χ0) is 33.3. The van der Waals surface area contributed by atoms with E-state index in [0.717, 1.165) is 18.4 Å². The first-order valence-electron chi connectivity index (χ1n) is 15.2. The largest absolute Gasteiger partial charge is 0.479 e. The molecule has 2 heterocycles. The van der Waals surface area contributed by atoms with E-state index in [0.29, 0.717) is 17.5 Å². The number of aromatic nitrogens is 1. The Hall–Kier alpha value is -4.42. The van der Waals surface area contributed by atoms with Gasteiger partial charge < -0.3 is 34.4 Å². The van der Waals surface area contributed by atoms with Crippen molar-refractivity contribution in [1.82, 2.24) is 20.1 Å². The number of hydrogen-bond acceptors (Lipinski definition) is 9. The molecule has 246 valence electrons. The number of pyridine rings is 1. The lowest BCUT2D eigenvalue weighted by atomic mass is 10.1. The van der Waals surface area contributed by atoms with E-state index in [2.05, 4.69) is 10.3 Å². The number of fused-ring (bicyclic) bond motifs is 1. The maximum Gasteiger partial charge on any atom is 0.409 e. The first-order valence-corrected chi connectivity index (χ1v) is 15.2. The normalized spacial score (nSPS) is 14.8. The molecule has 0 radical (unpaired) electrons. The number of carbonyl (C=O) groups is 5. The number of carboxylic acids is 1. The molecule has 13 heteroatoms. The fourth-order valence-corrected chi connectivity index (χ4v) is 4.63. The van der Waals surface area contributed by atoms with E-state index >= 15 is 0 Å². The molecule has 1 fully saturated rings. The maximum absolute atomic E-state index is 13.7. The Bertz CT molecular complexity index is 1400. The summed E-state index contributed by atoms with van der Waals surface area (Å²) in [5.41, 5.74) is 0.464. The smallest absolute Gasteiger partial charge is 0.409 e. The van der Waals surface area contributed by atoms with Crippen LogP contribution in [0.25, 0.3) is 10.9 Å². The minimum atomic E-state index is -1.20. The van der Waals surface area contributed by atoms with Gasteiger partial charge in [0, 0.05) is 44.1 Å². The molecule has 2 N–H and O–H groups in total. The van der Waals surface area contributed by atoms with Crippen LogP contribution < -0.4 is 10.1 Å². The molecule has 0 bridgehead atoms. The first-order chi connectivity index (χ1) is 21.2. The third-order valence-corrected chi connectivity index (χ3v) is 7.05. The lowest BCUT2D eigenvalue weighted by Crippen LogP contribution is -2.56. The number of hydrogen-bond donors (Lipinski definition) is 2. The van der Waals surface area contributed by atoms with Crippen molar-refractivity contribution in [3.8, 4) is 5.75 Å².